The first-order valence-corrected chi connectivity index (χ1v) is 9.70. The van der Waals surface area contributed by atoms with E-state index in [4.69, 9.17) is 9.72 Å². The predicted octanol–water partition coefficient (Wildman–Crippen LogP) is 4.16. The lowest BCUT2D eigenvalue weighted by Crippen LogP contribution is -2.37. The third kappa shape index (κ3) is 4.73. The molecule has 150 valence electrons. The summed E-state index contributed by atoms with van der Waals surface area (Å²) in [5.41, 5.74) is 1.29. The lowest BCUT2D eigenvalue weighted by molar-refractivity contribution is 0.0900. The van der Waals surface area contributed by atoms with E-state index in [1.165, 1.54) is 12.1 Å². The molecule has 0 aliphatic carbocycles. The average molecular weight is 385 g/mol. The van der Waals surface area contributed by atoms with Crippen molar-refractivity contribution in [3.63, 3.8) is 0 Å². The van der Waals surface area contributed by atoms with Gasteiger partial charge in [-0.05, 0) is 37.1 Å². The van der Waals surface area contributed by atoms with Crippen LogP contribution in [0.3, 0.4) is 0 Å². The number of hydrogen-bond donors (Lipinski definition) is 0. The Labute approximate surface area is 166 Å². The summed E-state index contributed by atoms with van der Waals surface area (Å²) in [5, 5.41) is 0. The van der Waals surface area contributed by atoms with E-state index in [0.29, 0.717) is 12.2 Å². The van der Waals surface area contributed by atoms with Crippen molar-refractivity contribution in [3.05, 3.63) is 53.2 Å². The fourth-order valence-electron chi connectivity index (χ4n) is 3.42. The molecule has 0 bridgehead atoms. The fourth-order valence-corrected chi connectivity index (χ4v) is 3.42. The summed E-state index contributed by atoms with van der Waals surface area (Å²) in [7, 11) is 1.66. The molecule has 28 heavy (non-hydrogen) atoms. The van der Waals surface area contributed by atoms with Crippen LogP contribution in [0.5, 0.6) is 0 Å². The maximum Gasteiger partial charge on any atom is 0.166 e. The van der Waals surface area contributed by atoms with Gasteiger partial charge in [0, 0.05) is 43.2 Å². The Bertz CT molecular complexity index is 823. The first-order chi connectivity index (χ1) is 13.3. The van der Waals surface area contributed by atoms with E-state index in [9.17, 15) is 9.18 Å². The van der Waals surface area contributed by atoms with E-state index in [-0.39, 0.29) is 22.9 Å². The third-order valence-corrected chi connectivity index (χ3v) is 5.05. The van der Waals surface area contributed by atoms with Crippen LogP contribution in [-0.2, 0) is 16.8 Å². The van der Waals surface area contributed by atoms with Gasteiger partial charge < -0.3 is 9.64 Å². The molecular weight excluding hydrogens is 357 g/mol. The van der Waals surface area contributed by atoms with Crippen LogP contribution in [0, 0.1) is 11.7 Å². The van der Waals surface area contributed by atoms with Crippen LogP contribution in [0.4, 0.5) is 10.2 Å². The summed E-state index contributed by atoms with van der Waals surface area (Å²) < 4.78 is 18.4. The number of aromatic nitrogens is 2. The molecule has 3 rings (SSSR count). The van der Waals surface area contributed by atoms with Gasteiger partial charge >= 0.3 is 0 Å². The Hall–Kier alpha value is -2.34. The SMILES string of the molecule is COCc1cc(N2CCC(C(=O)c3ccc(F)cc3)CC2)nc(C(C)(C)C)n1. The molecule has 1 aromatic carbocycles. The Morgan fingerprint density at radius 2 is 1.82 bits per heavy atom. The molecule has 1 aliphatic heterocycles. The van der Waals surface area contributed by atoms with Crippen molar-refractivity contribution in [2.45, 2.75) is 45.6 Å². The summed E-state index contributed by atoms with van der Waals surface area (Å²) in [5.74, 6) is 1.42. The smallest absolute Gasteiger partial charge is 0.166 e. The summed E-state index contributed by atoms with van der Waals surface area (Å²) in [6.45, 7) is 8.23. The van der Waals surface area contributed by atoms with Gasteiger partial charge in [-0.15, -0.1) is 0 Å². The van der Waals surface area contributed by atoms with E-state index in [0.717, 1.165) is 43.3 Å². The van der Waals surface area contributed by atoms with Crippen molar-refractivity contribution < 1.29 is 13.9 Å². The van der Waals surface area contributed by atoms with Gasteiger partial charge in [0.05, 0.1) is 12.3 Å². The van der Waals surface area contributed by atoms with Crippen LogP contribution in [0.1, 0.15) is 55.5 Å². The first-order valence-electron chi connectivity index (χ1n) is 9.70. The normalized spacial score (nSPS) is 15.7. The largest absolute Gasteiger partial charge is 0.378 e. The monoisotopic (exact) mass is 385 g/mol. The first kappa shape index (κ1) is 20.4. The minimum absolute atomic E-state index is 0.0379. The van der Waals surface area contributed by atoms with Crippen LogP contribution in [-0.4, -0.2) is 36.0 Å². The predicted molar refractivity (Wildman–Crippen MR) is 107 cm³/mol. The van der Waals surface area contributed by atoms with Crippen LogP contribution in [0.2, 0.25) is 0 Å². The van der Waals surface area contributed by atoms with E-state index in [1.807, 2.05) is 6.07 Å². The summed E-state index contributed by atoms with van der Waals surface area (Å²) >= 11 is 0. The second kappa shape index (κ2) is 8.35. The highest BCUT2D eigenvalue weighted by molar-refractivity contribution is 5.97. The van der Waals surface area contributed by atoms with Crippen molar-refractivity contribution in [2.24, 2.45) is 5.92 Å². The van der Waals surface area contributed by atoms with E-state index in [1.54, 1.807) is 19.2 Å². The van der Waals surface area contributed by atoms with Gasteiger partial charge in [0.15, 0.2) is 5.78 Å². The molecule has 0 amide bonds. The molecule has 1 saturated heterocycles. The van der Waals surface area contributed by atoms with Crippen LogP contribution < -0.4 is 4.90 Å². The van der Waals surface area contributed by atoms with E-state index < -0.39 is 0 Å². The number of rotatable bonds is 5. The standard InChI is InChI=1S/C22H28FN3O2/c1-22(2,3)21-24-18(14-28-4)13-19(25-21)26-11-9-16(10-12-26)20(27)15-5-7-17(23)8-6-15/h5-8,13,16H,9-12,14H2,1-4H3. The van der Waals surface area contributed by atoms with E-state index in [2.05, 4.69) is 30.7 Å². The molecule has 0 saturated carbocycles. The Morgan fingerprint density at radius 3 is 2.39 bits per heavy atom. The molecule has 0 N–H and O–H groups in total. The minimum atomic E-state index is -0.323. The number of halogens is 1. The van der Waals surface area contributed by atoms with Gasteiger partial charge in [0.2, 0.25) is 0 Å². The number of anilines is 1. The maximum atomic E-state index is 13.1. The topological polar surface area (TPSA) is 55.3 Å². The van der Waals surface area contributed by atoms with Gasteiger partial charge in [-0.3, -0.25) is 4.79 Å². The zero-order chi connectivity index (χ0) is 20.3. The highest BCUT2D eigenvalue weighted by Crippen LogP contribution is 2.27. The Kier molecular flexibility index (Phi) is 6.08. The van der Waals surface area contributed by atoms with Crippen molar-refractivity contribution in [2.75, 3.05) is 25.1 Å². The number of nitrogens with zero attached hydrogens (tertiary/aromatic N) is 3. The van der Waals surface area contributed by atoms with Gasteiger partial charge in [-0.2, -0.15) is 0 Å². The van der Waals surface area contributed by atoms with Crippen molar-refractivity contribution in [1.82, 2.24) is 9.97 Å². The summed E-state index contributed by atoms with van der Waals surface area (Å²) in [6.07, 6.45) is 1.51. The van der Waals surface area contributed by atoms with Crippen LogP contribution in [0.25, 0.3) is 0 Å². The number of ether oxygens (including phenoxy) is 1. The highest BCUT2D eigenvalue weighted by Gasteiger charge is 2.28. The number of carbonyl (C=O) groups is 1. The molecule has 0 spiro atoms. The lowest BCUT2D eigenvalue weighted by Gasteiger charge is -2.33. The molecule has 1 aromatic heterocycles. The number of piperidine rings is 1. The van der Waals surface area contributed by atoms with Crippen LogP contribution >= 0.6 is 0 Å². The number of carbonyl (C=O) groups excluding carboxylic acids is 1. The van der Waals surface area contributed by atoms with Gasteiger partial charge in [0.1, 0.15) is 17.5 Å². The molecule has 1 aliphatic rings. The molecule has 1 fully saturated rings. The molecular formula is C22H28FN3O2. The quantitative estimate of drug-likeness (QED) is 0.724. The summed E-state index contributed by atoms with van der Waals surface area (Å²) in [4.78, 5) is 24.3. The number of methoxy groups -OCH3 is 1. The van der Waals surface area contributed by atoms with Crippen LogP contribution in [0.15, 0.2) is 30.3 Å². The van der Waals surface area contributed by atoms with E-state index >= 15 is 0 Å². The third-order valence-electron chi connectivity index (χ3n) is 5.05. The lowest BCUT2D eigenvalue weighted by atomic mass is 9.89. The maximum absolute atomic E-state index is 13.1. The molecule has 0 radical (unpaired) electrons. The molecule has 0 unspecified atom stereocenters. The van der Waals surface area contributed by atoms with Crippen molar-refractivity contribution in [3.8, 4) is 0 Å². The molecule has 0 atom stereocenters. The summed E-state index contributed by atoms with van der Waals surface area (Å²) in [6, 6.07) is 7.80. The van der Waals surface area contributed by atoms with Crippen molar-refractivity contribution >= 4 is 11.6 Å². The zero-order valence-corrected chi connectivity index (χ0v) is 17.0. The number of ketones is 1. The number of hydrogen-bond acceptors (Lipinski definition) is 5. The Morgan fingerprint density at radius 1 is 1.18 bits per heavy atom. The van der Waals surface area contributed by atoms with Gasteiger partial charge in [0.25, 0.3) is 0 Å². The second-order valence-corrected chi connectivity index (χ2v) is 8.36. The molecule has 2 heterocycles. The minimum Gasteiger partial charge on any atom is -0.378 e. The Balaban J connectivity index is 1.73. The van der Waals surface area contributed by atoms with Crippen molar-refractivity contribution in [1.29, 1.82) is 0 Å². The highest BCUT2D eigenvalue weighted by atomic mass is 19.1. The molecule has 5 nitrogen and oxygen atoms in total. The number of Topliss-reactive ketones (excluding diaryl/α,β-unsaturated/α-hetero) is 1. The van der Waals surface area contributed by atoms with Gasteiger partial charge in [-0.25, -0.2) is 14.4 Å². The molecule has 6 heteroatoms. The molecule has 2 aromatic rings. The average Bonchev–Trinajstić information content (AvgIpc) is 2.67. The second-order valence-electron chi connectivity index (χ2n) is 8.36. The number of benzene rings is 1. The zero-order valence-electron chi connectivity index (χ0n) is 17.0. The van der Waals surface area contributed by atoms with Gasteiger partial charge in [-0.1, -0.05) is 20.8 Å². The fraction of sp³-hybridized carbons (Fsp3) is 0.500.